The van der Waals surface area contributed by atoms with Crippen molar-refractivity contribution in [1.29, 1.82) is 0 Å². The molecule has 200 valence electrons. The first-order valence-corrected chi connectivity index (χ1v) is 16.2. The Morgan fingerprint density at radius 3 is 2.08 bits per heavy atom. The largest absolute Gasteiger partial charge is 0.407 e. The molecule has 0 saturated heterocycles. The molecule has 0 atom stereocenters. The number of unbranched alkanes of at least 4 members (excludes halogenated alkanes) is 1. The molecule has 1 aromatic heterocycles. The fourth-order valence-electron chi connectivity index (χ4n) is 5.53. The second-order valence-electron chi connectivity index (χ2n) is 10.9. The molecule has 4 aromatic rings. The minimum Gasteiger partial charge on any atom is -0.407 e. The van der Waals surface area contributed by atoms with Gasteiger partial charge < -0.3 is 14.7 Å². The van der Waals surface area contributed by atoms with Gasteiger partial charge in [0.1, 0.15) is 0 Å². The average molecular weight is 592 g/mol. The van der Waals surface area contributed by atoms with Crippen molar-refractivity contribution in [2.75, 3.05) is 13.2 Å². The molecule has 1 heterocycles. The highest BCUT2D eigenvalue weighted by atomic mass is 79.9. The minimum atomic E-state index is -2.57. The molecule has 0 radical (unpaired) electrons. The molecule has 38 heavy (non-hydrogen) atoms. The highest BCUT2D eigenvalue weighted by Gasteiger charge is 2.49. The van der Waals surface area contributed by atoms with Crippen LogP contribution in [0.2, 0.25) is 5.04 Å². The molecule has 0 bridgehead atoms. The SMILES string of the molecule is CC(C)(C)[Si](OCCCc1cc(=O)n(CCCCN)c2ccc(Br)cc12)(c1ccccc1)c1ccccc1. The van der Waals surface area contributed by atoms with Gasteiger partial charge in [-0.15, -0.1) is 0 Å². The Morgan fingerprint density at radius 1 is 0.868 bits per heavy atom. The number of halogens is 1. The van der Waals surface area contributed by atoms with Crippen molar-refractivity contribution in [3.05, 3.63) is 105 Å². The first-order valence-electron chi connectivity index (χ1n) is 13.5. The summed E-state index contributed by atoms with van der Waals surface area (Å²) < 4.78 is 9.98. The molecule has 4 nitrogen and oxygen atoms in total. The molecule has 0 aliphatic rings. The summed E-state index contributed by atoms with van der Waals surface area (Å²) in [4.78, 5) is 13.1. The number of hydrogen-bond acceptors (Lipinski definition) is 3. The summed E-state index contributed by atoms with van der Waals surface area (Å²) in [5.74, 6) is 0. The number of rotatable bonds is 11. The molecule has 0 unspecified atom stereocenters. The van der Waals surface area contributed by atoms with E-state index in [1.807, 2.05) is 22.8 Å². The monoisotopic (exact) mass is 590 g/mol. The Balaban J connectivity index is 1.62. The van der Waals surface area contributed by atoms with E-state index in [1.54, 1.807) is 0 Å². The highest BCUT2D eigenvalue weighted by Crippen LogP contribution is 2.37. The zero-order valence-corrected chi connectivity index (χ0v) is 25.3. The number of aromatic nitrogens is 1. The lowest BCUT2D eigenvalue weighted by Crippen LogP contribution is -2.66. The summed E-state index contributed by atoms with van der Waals surface area (Å²) in [5.41, 5.74) is 7.80. The van der Waals surface area contributed by atoms with E-state index in [0.29, 0.717) is 19.7 Å². The lowest BCUT2D eigenvalue weighted by atomic mass is 10.0. The predicted octanol–water partition coefficient (Wildman–Crippen LogP) is 6.01. The molecule has 0 saturated carbocycles. The van der Waals surface area contributed by atoms with Gasteiger partial charge in [0.05, 0.1) is 5.52 Å². The van der Waals surface area contributed by atoms with Gasteiger partial charge in [-0.1, -0.05) is 97.4 Å². The molecule has 4 rings (SSSR count). The topological polar surface area (TPSA) is 57.2 Å². The van der Waals surface area contributed by atoms with Crippen LogP contribution in [0.15, 0.2) is 94.2 Å². The summed E-state index contributed by atoms with van der Waals surface area (Å²) in [5, 5.41) is 3.63. The summed E-state index contributed by atoms with van der Waals surface area (Å²) in [7, 11) is -2.57. The van der Waals surface area contributed by atoms with Gasteiger partial charge in [0.25, 0.3) is 13.9 Å². The van der Waals surface area contributed by atoms with Crippen LogP contribution in [-0.2, 0) is 17.4 Å². The third-order valence-corrected chi connectivity index (χ3v) is 12.9. The Morgan fingerprint density at radius 2 is 1.50 bits per heavy atom. The van der Waals surface area contributed by atoms with Gasteiger partial charge in [0, 0.05) is 29.1 Å². The van der Waals surface area contributed by atoms with Crippen LogP contribution in [0.3, 0.4) is 0 Å². The average Bonchev–Trinajstić information content (AvgIpc) is 2.90. The van der Waals surface area contributed by atoms with E-state index in [1.165, 1.54) is 10.4 Å². The van der Waals surface area contributed by atoms with Crippen molar-refractivity contribution in [2.24, 2.45) is 5.73 Å². The maximum Gasteiger partial charge on any atom is 0.261 e. The summed E-state index contributed by atoms with van der Waals surface area (Å²) in [6.07, 6.45) is 3.42. The van der Waals surface area contributed by atoms with Crippen molar-refractivity contribution in [2.45, 2.75) is 58.0 Å². The van der Waals surface area contributed by atoms with Crippen LogP contribution >= 0.6 is 15.9 Å². The van der Waals surface area contributed by atoms with Crippen LogP contribution in [0.5, 0.6) is 0 Å². The van der Waals surface area contributed by atoms with Crippen LogP contribution in [-0.4, -0.2) is 26.0 Å². The van der Waals surface area contributed by atoms with Crippen molar-refractivity contribution in [3.8, 4) is 0 Å². The van der Waals surface area contributed by atoms with Crippen LogP contribution in [0.1, 0.15) is 45.6 Å². The van der Waals surface area contributed by atoms with Crippen molar-refractivity contribution in [3.63, 3.8) is 0 Å². The molecule has 0 aliphatic carbocycles. The Labute approximate surface area is 236 Å². The fraction of sp³-hybridized carbons (Fsp3) is 0.344. The summed E-state index contributed by atoms with van der Waals surface area (Å²) >= 11 is 3.63. The second kappa shape index (κ2) is 12.6. The number of nitrogens with two attached hydrogens (primary N) is 1. The van der Waals surface area contributed by atoms with E-state index in [2.05, 4.69) is 103 Å². The van der Waals surface area contributed by atoms with Crippen LogP contribution in [0.25, 0.3) is 10.9 Å². The van der Waals surface area contributed by atoms with Crippen LogP contribution in [0.4, 0.5) is 0 Å². The minimum absolute atomic E-state index is 0.0553. The van der Waals surface area contributed by atoms with Gasteiger partial charge in [-0.05, 0) is 71.4 Å². The third-order valence-electron chi connectivity index (χ3n) is 7.32. The summed E-state index contributed by atoms with van der Waals surface area (Å²) in [6, 6.07) is 29.5. The van der Waals surface area contributed by atoms with Crippen molar-refractivity contribution < 1.29 is 4.43 Å². The number of aryl methyl sites for hydroxylation is 2. The molecule has 0 aliphatic heterocycles. The van der Waals surface area contributed by atoms with Gasteiger partial charge in [0.2, 0.25) is 0 Å². The van der Waals surface area contributed by atoms with Gasteiger partial charge in [-0.2, -0.15) is 0 Å². The van der Waals surface area contributed by atoms with E-state index >= 15 is 0 Å². The normalized spacial score (nSPS) is 12.2. The van der Waals surface area contributed by atoms with Gasteiger partial charge >= 0.3 is 0 Å². The van der Waals surface area contributed by atoms with Gasteiger partial charge in [-0.25, -0.2) is 0 Å². The van der Waals surface area contributed by atoms with Gasteiger partial charge in [0.15, 0.2) is 0 Å². The zero-order valence-electron chi connectivity index (χ0n) is 22.8. The molecule has 0 amide bonds. The number of pyridine rings is 1. The van der Waals surface area contributed by atoms with E-state index in [4.69, 9.17) is 10.2 Å². The molecule has 0 fully saturated rings. The zero-order chi connectivity index (χ0) is 27.2. The first-order chi connectivity index (χ1) is 18.3. The smallest absolute Gasteiger partial charge is 0.261 e. The number of hydrogen-bond donors (Lipinski definition) is 1. The van der Waals surface area contributed by atoms with Gasteiger partial charge in [-0.3, -0.25) is 4.79 Å². The van der Waals surface area contributed by atoms with E-state index in [0.717, 1.165) is 46.6 Å². The van der Waals surface area contributed by atoms with Crippen molar-refractivity contribution in [1.82, 2.24) is 4.57 Å². The predicted molar refractivity (Wildman–Crippen MR) is 166 cm³/mol. The maximum atomic E-state index is 13.1. The third kappa shape index (κ3) is 6.04. The van der Waals surface area contributed by atoms with E-state index in [-0.39, 0.29) is 10.6 Å². The van der Waals surface area contributed by atoms with E-state index < -0.39 is 8.32 Å². The molecule has 0 spiro atoms. The molecular formula is C32H39BrN2O2Si. The Kier molecular flexibility index (Phi) is 9.42. The Bertz CT molecular complexity index is 1360. The maximum absolute atomic E-state index is 13.1. The number of nitrogens with zero attached hydrogens (tertiary/aromatic N) is 1. The lowest BCUT2D eigenvalue weighted by molar-refractivity contribution is 0.292. The number of fused-ring (bicyclic) bond motifs is 1. The highest BCUT2D eigenvalue weighted by molar-refractivity contribution is 9.10. The molecule has 6 heteroatoms. The van der Waals surface area contributed by atoms with Crippen molar-refractivity contribution >= 4 is 45.5 Å². The quantitative estimate of drug-likeness (QED) is 0.172. The van der Waals surface area contributed by atoms with E-state index in [9.17, 15) is 4.79 Å². The molecule has 2 N–H and O–H groups in total. The first kappa shape index (κ1) is 28.5. The second-order valence-corrected chi connectivity index (χ2v) is 16.2. The molecular weight excluding hydrogens is 552 g/mol. The number of benzene rings is 3. The Hall–Kier alpha value is -2.51. The fourth-order valence-corrected chi connectivity index (χ4v) is 10.5. The summed E-state index contributed by atoms with van der Waals surface area (Å²) in [6.45, 7) is 8.85. The molecule has 3 aromatic carbocycles. The van der Waals surface area contributed by atoms with Crippen LogP contribution < -0.4 is 21.7 Å². The standard InChI is InChI=1S/C32H39BrN2O2Si/c1-32(2,3)38(27-14-6-4-7-15-27,28-16-8-5-9-17-28)37-22-12-13-25-23-31(36)35(21-11-10-20-34)30-19-18-26(33)24-29(25)30/h4-9,14-19,23-24H,10-13,20-22,34H2,1-3H3. The lowest BCUT2D eigenvalue weighted by Gasteiger charge is -2.43. The van der Waals surface area contributed by atoms with Crippen LogP contribution in [0, 0.1) is 0 Å².